The highest BCUT2D eigenvalue weighted by molar-refractivity contribution is 9.10. The monoisotopic (exact) mass is 319 g/mol. The third-order valence-electron chi connectivity index (χ3n) is 2.75. The minimum absolute atomic E-state index is 0.185. The number of amides is 1. The normalized spacial score (nSPS) is 11.9. The van der Waals surface area contributed by atoms with Gasteiger partial charge in [0.1, 0.15) is 0 Å². The van der Waals surface area contributed by atoms with E-state index < -0.39 is 6.10 Å². The van der Waals surface area contributed by atoms with E-state index in [-0.39, 0.29) is 5.91 Å². The molecular weight excluding hydrogens is 306 g/mol. The number of carbonyl (C=O) groups excluding carboxylic acids is 1. The molecule has 0 aliphatic carbocycles. The van der Waals surface area contributed by atoms with Gasteiger partial charge in [-0.15, -0.1) is 0 Å². The van der Waals surface area contributed by atoms with Crippen molar-refractivity contribution in [1.82, 2.24) is 0 Å². The summed E-state index contributed by atoms with van der Waals surface area (Å²) in [4.78, 5) is 12.1. The summed E-state index contributed by atoms with van der Waals surface area (Å²) in [5.41, 5.74) is 2.01. The highest BCUT2D eigenvalue weighted by Gasteiger charge is 2.10. The molecule has 2 N–H and O–H groups in total. The Morgan fingerprint density at radius 2 is 1.95 bits per heavy atom. The molecule has 2 aromatic carbocycles. The summed E-state index contributed by atoms with van der Waals surface area (Å²) in [6.45, 7) is 1.69. The van der Waals surface area contributed by atoms with Gasteiger partial charge in [-0.3, -0.25) is 4.79 Å². The molecule has 1 atom stereocenters. The summed E-state index contributed by atoms with van der Waals surface area (Å²) in [5, 5.41) is 12.3. The number of rotatable bonds is 3. The Morgan fingerprint density at radius 3 is 2.63 bits per heavy atom. The van der Waals surface area contributed by atoms with Gasteiger partial charge in [-0.2, -0.15) is 0 Å². The lowest BCUT2D eigenvalue weighted by Crippen LogP contribution is -2.12. The first-order valence-electron chi connectivity index (χ1n) is 5.92. The van der Waals surface area contributed by atoms with Crippen LogP contribution in [0.2, 0.25) is 0 Å². The summed E-state index contributed by atoms with van der Waals surface area (Å²) in [6.07, 6.45) is -0.555. The maximum Gasteiger partial charge on any atom is 0.256 e. The molecule has 98 valence electrons. The number of carbonyl (C=O) groups is 1. The predicted octanol–water partition coefficient (Wildman–Crippen LogP) is 3.75. The molecule has 0 aliphatic heterocycles. The summed E-state index contributed by atoms with van der Waals surface area (Å²) in [7, 11) is 0. The van der Waals surface area contributed by atoms with Gasteiger partial charge in [0, 0.05) is 10.2 Å². The molecule has 3 nitrogen and oxygen atoms in total. The van der Waals surface area contributed by atoms with Crippen LogP contribution >= 0.6 is 15.9 Å². The summed E-state index contributed by atoms with van der Waals surface area (Å²) in [6, 6.07) is 14.4. The zero-order valence-corrected chi connectivity index (χ0v) is 12.0. The van der Waals surface area contributed by atoms with Gasteiger partial charge in [0.15, 0.2) is 0 Å². The van der Waals surface area contributed by atoms with Crippen molar-refractivity contribution in [2.75, 3.05) is 5.32 Å². The second kappa shape index (κ2) is 5.99. The van der Waals surface area contributed by atoms with E-state index >= 15 is 0 Å². The standard InChI is InChI=1S/C15H14BrNO2/c1-10(18)11-5-4-6-12(9-11)17-15(19)13-7-2-3-8-14(13)16/h2-10,18H,1H3,(H,17,19)/t10-/m0/s1. The largest absolute Gasteiger partial charge is 0.389 e. The van der Waals surface area contributed by atoms with E-state index in [4.69, 9.17) is 0 Å². The number of hydrogen-bond acceptors (Lipinski definition) is 2. The fraction of sp³-hybridized carbons (Fsp3) is 0.133. The molecular formula is C15H14BrNO2. The molecule has 0 fully saturated rings. The highest BCUT2D eigenvalue weighted by Crippen LogP contribution is 2.20. The highest BCUT2D eigenvalue weighted by atomic mass is 79.9. The van der Waals surface area contributed by atoms with Crippen LogP contribution in [0, 0.1) is 0 Å². The SMILES string of the molecule is C[C@H](O)c1cccc(NC(=O)c2ccccc2Br)c1. The Labute approximate surface area is 120 Å². The van der Waals surface area contributed by atoms with Gasteiger partial charge in [0.05, 0.1) is 11.7 Å². The van der Waals surface area contributed by atoms with Gasteiger partial charge in [0.25, 0.3) is 5.91 Å². The van der Waals surface area contributed by atoms with E-state index in [1.54, 1.807) is 31.2 Å². The van der Waals surface area contributed by atoms with Crippen molar-refractivity contribution in [3.63, 3.8) is 0 Å². The van der Waals surface area contributed by atoms with Crippen molar-refractivity contribution >= 4 is 27.5 Å². The number of anilines is 1. The van der Waals surface area contributed by atoms with E-state index in [1.165, 1.54) is 0 Å². The van der Waals surface area contributed by atoms with Crippen molar-refractivity contribution in [2.24, 2.45) is 0 Å². The summed E-state index contributed by atoms with van der Waals surface area (Å²) in [5.74, 6) is -0.185. The van der Waals surface area contributed by atoms with Crippen LogP contribution in [0.25, 0.3) is 0 Å². The summed E-state index contributed by atoms with van der Waals surface area (Å²) >= 11 is 3.35. The number of nitrogens with one attached hydrogen (secondary N) is 1. The molecule has 2 aromatic rings. The summed E-state index contributed by atoms with van der Waals surface area (Å²) < 4.78 is 0.749. The molecule has 0 saturated carbocycles. The first-order valence-corrected chi connectivity index (χ1v) is 6.71. The zero-order valence-electron chi connectivity index (χ0n) is 10.4. The van der Waals surface area contributed by atoms with Gasteiger partial charge in [-0.25, -0.2) is 0 Å². The first-order chi connectivity index (χ1) is 9.08. The lowest BCUT2D eigenvalue weighted by Gasteiger charge is -2.09. The molecule has 0 spiro atoms. The minimum Gasteiger partial charge on any atom is -0.389 e. The van der Waals surface area contributed by atoms with Crippen molar-refractivity contribution in [3.8, 4) is 0 Å². The number of aliphatic hydroxyl groups excluding tert-OH is 1. The van der Waals surface area contributed by atoms with E-state index in [0.29, 0.717) is 11.3 Å². The molecule has 4 heteroatoms. The smallest absolute Gasteiger partial charge is 0.256 e. The van der Waals surface area contributed by atoms with Crippen molar-refractivity contribution < 1.29 is 9.90 Å². The Balaban J connectivity index is 2.20. The van der Waals surface area contributed by atoms with Crippen molar-refractivity contribution in [1.29, 1.82) is 0 Å². The second-order valence-corrected chi connectivity index (χ2v) is 5.09. The minimum atomic E-state index is -0.555. The zero-order chi connectivity index (χ0) is 13.8. The molecule has 0 saturated heterocycles. The van der Waals surface area contributed by atoms with Gasteiger partial charge in [-0.05, 0) is 52.7 Å². The number of hydrogen-bond donors (Lipinski definition) is 2. The van der Waals surface area contributed by atoms with E-state index in [9.17, 15) is 9.90 Å². The first kappa shape index (κ1) is 13.8. The predicted molar refractivity (Wildman–Crippen MR) is 79.2 cm³/mol. The van der Waals surface area contributed by atoms with Crippen LogP contribution in [-0.4, -0.2) is 11.0 Å². The fourth-order valence-corrected chi connectivity index (χ4v) is 2.18. The molecule has 0 aromatic heterocycles. The Morgan fingerprint density at radius 1 is 1.21 bits per heavy atom. The molecule has 0 unspecified atom stereocenters. The lowest BCUT2D eigenvalue weighted by atomic mass is 10.1. The van der Waals surface area contributed by atoms with Crippen LogP contribution < -0.4 is 5.32 Å². The average molecular weight is 320 g/mol. The van der Waals surface area contributed by atoms with E-state index in [2.05, 4.69) is 21.2 Å². The van der Waals surface area contributed by atoms with Crippen LogP contribution in [0.3, 0.4) is 0 Å². The number of halogens is 1. The van der Waals surface area contributed by atoms with Crippen LogP contribution in [0.1, 0.15) is 28.9 Å². The molecule has 0 aliphatic rings. The molecule has 0 heterocycles. The van der Waals surface area contributed by atoms with Crippen LogP contribution in [-0.2, 0) is 0 Å². The van der Waals surface area contributed by atoms with Crippen molar-refractivity contribution in [3.05, 3.63) is 64.1 Å². The fourth-order valence-electron chi connectivity index (χ4n) is 1.72. The molecule has 0 radical (unpaired) electrons. The Bertz CT molecular complexity index is 596. The van der Waals surface area contributed by atoms with E-state index in [0.717, 1.165) is 10.0 Å². The van der Waals surface area contributed by atoms with Crippen LogP contribution in [0.15, 0.2) is 53.0 Å². The van der Waals surface area contributed by atoms with Gasteiger partial charge >= 0.3 is 0 Å². The van der Waals surface area contributed by atoms with Crippen molar-refractivity contribution in [2.45, 2.75) is 13.0 Å². The number of benzene rings is 2. The third kappa shape index (κ3) is 3.43. The second-order valence-electron chi connectivity index (χ2n) is 4.24. The quantitative estimate of drug-likeness (QED) is 0.905. The molecule has 19 heavy (non-hydrogen) atoms. The average Bonchev–Trinajstić information content (AvgIpc) is 2.39. The van der Waals surface area contributed by atoms with Crippen LogP contribution in [0.5, 0.6) is 0 Å². The maximum atomic E-state index is 12.1. The van der Waals surface area contributed by atoms with Gasteiger partial charge in [-0.1, -0.05) is 24.3 Å². The van der Waals surface area contributed by atoms with E-state index in [1.807, 2.05) is 24.3 Å². The van der Waals surface area contributed by atoms with Crippen LogP contribution in [0.4, 0.5) is 5.69 Å². The van der Waals surface area contributed by atoms with Gasteiger partial charge < -0.3 is 10.4 Å². The molecule has 2 rings (SSSR count). The molecule has 1 amide bonds. The van der Waals surface area contributed by atoms with Gasteiger partial charge in [0.2, 0.25) is 0 Å². The third-order valence-corrected chi connectivity index (χ3v) is 3.44. The Hall–Kier alpha value is -1.65. The number of aliphatic hydroxyl groups is 1. The lowest BCUT2D eigenvalue weighted by molar-refractivity contribution is 0.102. The Kier molecular flexibility index (Phi) is 4.35. The topological polar surface area (TPSA) is 49.3 Å². The molecule has 0 bridgehead atoms. The maximum absolute atomic E-state index is 12.1.